The van der Waals surface area contributed by atoms with Crippen molar-refractivity contribution >= 4 is 33.8 Å². The van der Waals surface area contributed by atoms with E-state index in [-0.39, 0.29) is 0 Å². The standard InChI is InChI=1S/C16H20N4S/c1-2-19-7-9-20(10-8-19)15-12-5-3-4-6-14(12)18-11-13(15)16(17)21/h3-6,11H,2,7-10H2,1H3,(H2,17,21). The summed E-state index contributed by atoms with van der Waals surface area (Å²) in [7, 11) is 0. The second kappa shape index (κ2) is 5.95. The number of anilines is 1. The Hall–Kier alpha value is -1.72. The molecule has 0 aliphatic carbocycles. The number of hydrogen-bond acceptors (Lipinski definition) is 4. The fourth-order valence-electron chi connectivity index (χ4n) is 2.94. The first-order valence-corrected chi connectivity index (χ1v) is 7.76. The maximum atomic E-state index is 5.92. The molecule has 1 fully saturated rings. The third-order valence-electron chi connectivity index (χ3n) is 4.15. The molecule has 0 unspecified atom stereocenters. The molecule has 2 N–H and O–H groups in total. The van der Waals surface area contributed by atoms with Crippen LogP contribution in [0.3, 0.4) is 0 Å². The number of piperazine rings is 1. The predicted octanol–water partition coefficient (Wildman–Crippen LogP) is 2.01. The number of fused-ring (bicyclic) bond motifs is 1. The van der Waals surface area contributed by atoms with Gasteiger partial charge in [0.2, 0.25) is 0 Å². The normalized spacial score (nSPS) is 16.3. The fraction of sp³-hybridized carbons (Fsp3) is 0.375. The molecule has 2 heterocycles. The highest BCUT2D eigenvalue weighted by Gasteiger charge is 2.21. The molecule has 1 saturated heterocycles. The van der Waals surface area contributed by atoms with Gasteiger partial charge in [0, 0.05) is 37.8 Å². The van der Waals surface area contributed by atoms with Gasteiger partial charge >= 0.3 is 0 Å². The fourth-order valence-corrected chi connectivity index (χ4v) is 3.08. The van der Waals surface area contributed by atoms with Crippen LogP contribution < -0.4 is 10.6 Å². The van der Waals surface area contributed by atoms with Crippen LogP contribution in [0.5, 0.6) is 0 Å². The van der Waals surface area contributed by atoms with Gasteiger partial charge in [0.25, 0.3) is 0 Å². The van der Waals surface area contributed by atoms with E-state index in [1.165, 1.54) is 0 Å². The van der Waals surface area contributed by atoms with Crippen LogP contribution in [0.15, 0.2) is 30.5 Å². The van der Waals surface area contributed by atoms with Crippen LogP contribution in [0.2, 0.25) is 0 Å². The summed E-state index contributed by atoms with van der Waals surface area (Å²) in [6.45, 7) is 7.45. The maximum absolute atomic E-state index is 5.92. The first-order valence-electron chi connectivity index (χ1n) is 7.35. The van der Waals surface area contributed by atoms with Gasteiger partial charge in [0.15, 0.2) is 0 Å². The van der Waals surface area contributed by atoms with Crippen LogP contribution in [0.4, 0.5) is 5.69 Å². The quantitative estimate of drug-likeness (QED) is 0.879. The zero-order valence-corrected chi connectivity index (χ0v) is 13.1. The zero-order valence-electron chi connectivity index (χ0n) is 12.2. The summed E-state index contributed by atoms with van der Waals surface area (Å²) >= 11 is 5.23. The lowest BCUT2D eigenvalue weighted by Crippen LogP contribution is -2.46. The number of nitrogens with zero attached hydrogens (tertiary/aromatic N) is 3. The summed E-state index contributed by atoms with van der Waals surface area (Å²) in [5.74, 6) is 0. The summed E-state index contributed by atoms with van der Waals surface area (Å²) in [6, 6.07) is 8.18. The molecule has 5 heteroatoms. The predicted molar refractivity (Wildman–Crippen MR) is 92.0 cm³/mol. The molecule has 1 aromatic carbocycles. The summed E-state index contributed by atoms with van der Waals surface area (Å²) < 4.78 is 0. The van der Waals surface area contributed by atoms with Crippen LogP contribution >= 0.6 is 12.2 Å². The van der Waals surface area contributed by atoms with Gasteiger partial charge in [-0.15, -0.1) is 0 Å². The number of pyridine rings is 1. The van der Waals surface area contributed by atoms with Gasteiger partial charge in [-0.1, -0.05) is 37.3 Å². The van der Waals surface area contributed by atoms with E-state index in [2.05, 4.69) is 27.8 Å². The molecule has 4 nitrogen and oxygen atoms in total. The third-order valence-corrected chi connectivity index (χ3v) is 4.37. The molecule has 0 amide bonds. The smallest absolute Gasteiger partial charge is 0.107 e. The van der Waals surface area contributed by atoms with Crippen LogP contribution in [0.25, 0.3) is 10.9 Å². The van der Waals surface area contributed by atoms with Crippen molar-refractivity contribution in [2.24, 2.45) is 5.73 Å². The Morgan fingerprint density at radius 2 is 1.95 bits per heavy atom. The minimum Gasteiger partial charge on any atom is -0.389 e. The van der Waals surface area contributed by atoms with Crippen molar-refractivity contribution in [2.45, 2.75) is 6.92 Å². The van der Waals surface area contributed by atoms with Gasteiger partial charge in [-0.05, 0) is 12.6 Å². The number of benzene rings is 1. The Bertz CT molecular complexity index is 662. The Kier molecular flexibility index (Phi) is 4.03. The maximum Gasteiger partial charge on any atom is 0.107 e. The van der Waals surface area contributed by atoms with E-state index in [4.69, 9.17) is 18.0 Å². The lowest BCUT2D eigenvalue weighted by molar-refractivity contribution is 0.271. The molecule has 21 heavy (non-hydrogen) atoms. The van der Waals surface area contributed by atoms with Crippen molar-refractivity contribution in [3.8, 4) is 0 Å². The van der Waals surface area contributed by atoms with Crippen LogP contribution in [0, 0.1) is 0 Å². The molecule has 0 radical (unpaired) electrons. The van der Waals surface area contributed by atoms with E-state index < -0.39 is 0 Å². The summed E-state index contributed by atoms with van der Waals surface area (Å²) in [6.07, 6.45) is 1.81. The minimum absolute atomic E-state index is 0.418. The van der Waals surface area contributed by atoms with Gasteiger partial charge in [0.05, 0.1) is 16.8 Å². The van der Waals surface area contributed by atoms with E-state index in [1.807, 2.05) is 24.4 Å². The molecule has 0 atom stereocenters. The highest BCUT2D eigenvalue weighted by atomic mass is 32.1. The van der Waals surface area contributed by atoms with Gasteiger partial charge in [-0.3, -0.25) is 4.98 Å². The molecule has 3 rings (SSSR count). The largest absolute Gasteiger partial charge is 0.389 e. The molecule has 2 aromatic rings. The second-order valence-corrected chi connectivity index (χ2v) is 5.76. The number of rotatable bonds is 3. The van der Waals surface area contributed by atoms with E-state index >= 15 is 0 Å². The zero-order chi connectivity index (χ0) is 14.8. The molecule has 0 saturated carbocycles. The first kappa shape index (κ1) is 14.2. The monoisotopic (exact) mass is 300 g/mol. The SMILES string of the molecule is CCN1CCN(c2c(C(N)=S)cnc3ccccc23)CC1. The van der Waals surface area contributed by atoms with Crippen LogP contribution in [-0.4, -0.2) is 47.6 Å². The summed E-state index contributed by atoms with van der Waals surface area (Å²) in [5.41, 5.74) is 8.94. The van der Waals surface area contributed by atoms with E-state index in [1.54, 1.807) is 0 Å². The highest BCUT2D eigenvalue weighted by Crippen LogP contribution is 2.30. The van der Waals surface area contributed by atoms with E-state index in [0.717, 1.165) is 54.9 Å². The van der Waals surface area contributed by atoms with Gasteiger partial charge in [-0.25, -0.2) is 0 Å². The van der Waals surface area contributed by atoms with Crippen molar-refractivity contribution in [3.63, 3.8) is 0 Å². The van der Waals surface area contributed by atoms with Crippen molar-refractivity contribution in [2.75, 3.05) is 37.6 Å². The number of para-hydroxylation sites is 1. The third kappa shape index (κ3) is 2.71. The molecule has 0 bridgehead atoms. The van der Waals surface area contributed by atoms with Crippen molar-refractivity contribution in [1.29, 1.82) is 0 Å². The number of likely N-dealkylation sites (N-methyl/N-ethyl adjacent to an activating group) is 1. The molecular weight excluding hydrogens is 280 g/mol. The first-order chi connectivity index (χ1) is 10.2. The Morgan fingerprint density at radius 3 is 2.62 bits per heavy atom. The average Bonchev–Trinajstić information content (AvgIpc) is 2.53. The van der Waals surface area contributed by atoms with Gasteiger partial charge < -0.3 is 15.5 Å². The number of thiocarbonyl (C=S) groups is 1. The number of hydrogen-bond donors (Lipinski definition) is 1. The second-order valence-electron chi connectivity index (χ2n) is 5.32. The highest BCUT2D eigenvalue weighted by molar-refractivity contribution is 7.80. The van der Waals surface area contributed by atoms with Gasteiger partial charge in [-0.2, -0.15) is 0 Å². The minimum atomic E-state index is 0.418. The van der Waals surface area contributed by atoms with Crippen LogP contribution in [0.1, 0.15) is 12.5 Å². The van der Waals surface area contributed by atoms with Crippen molar-refractivity contribution < 1.29 is 0 Å². The van der Waals surface area contributed by atoms with Crippen LogP contribution in [-0.2, 0) is 0 Å². The Morgan fingerprint density at radius 1 is 1.24 bits per heavy atom. The molecule has 1 aliphatic heterocycles. The summed E-state index contributed by atoms with van der Waals surface area (Å²) in [4.78, 5) is 9.75. The summed E-state index contributed by atoms with van der Waals surface area (Å²) in [5, 5.41) is 1.13. The Labute approximate surface area is 130 Å². The van der Waals surface area contributed by atoms with E-state index in [0.29, 0.717) is 4.99 Å². The van der Waals surface area contributed by atoms with Gasteiger partial charge in [0.1, 0.15) is 4.99 Å². The Balaban J connectivity index is 2.07. The number of nitrogens with two attached hydrogens (primary N) is 1. The topological polar surface area (TPSA) is 45.4 Å². The lowest BCUT2D eigenvalue weighted by atomic mass is 10.1. The molecule has 1 aliphatic rings. The number of aromatic nitrogens is 1. The average molecular weight is 300 g/mol. The van der Waals surface area contributed by atoms with Crippen molar-refractivity contribution in [3.05, 3.63) is 36.0 Å². The molecular formula is C16H20N4S. The van der Waals surface area contributed by atoms with E-state index in [9.17, 15) is 0 Å². The van der Waals surface area contributed by atoms with Crippen molar-refractivity contribution in [1.82, 2.24) is 9.88 Å². The molecule has 1 aromatic heterocycles. The lowest BCUT2D eigenvalue weighted by Gasteiger charge is -2.36. The molecule has 110 valence electrons. The molecule has 0 spiro atoms.